The molecule has 0 N–H and O–H groups in total. The fraction of sp³-hybridized carbons (Fsp3) is 0.0500. The fourth-order valence-corrected chi connectivity index (χ4v) is 9.85. The van der Waals surface area contributed by atoms with E-state index >= 15 is 0 Å². The van der Waals surface area contributed by atoms with E-state index in [-0.39, 0.29) is 0 Å². The molecule has 0 saturated carbocycles. The second-order valence-corrected chi connectivity index (χ2v) is 16.7. The summed E-state index contributed by atoms with van der Waals surface area (Å²) in [6, 6.07) is 69.6. The van der Waals surface area contributed by atoms with Gasteiger partial charge in [0, 0.05) is 22.3 Å². The number of benzene rings is 8. The Bertz CT molecular complexity index is 3400. The molecule has 1 aromatic heterocycles. The summed E-state index contributed by atoms with van der Waals surface area (Å²) < 4.78 is 13.7. The van der Waals surface area contributed by atoms with Crippen molar-refractivity contribution in [1.82, 2.24) is 9.97 Å². The van der Waals surface area contributed by atoms with Gasteiger partial charge >= 0.3 is 0 Å². The normalized spacial score (nSPS) is 13.8. The van der Waals surface area contributed by atoms with Crippen LogP contribution in [-0.2, 0) is 5.41 Å². The highest BCUT2D eigenvalue weighted by molar-refractivity contribution is 5.92. The number of allylic oxidation sites excluding steroid dienone is 4. The summed E-state index contributed by atoms with van der Waals surface area (Å²) in [6.07, 6.45) is 8.48. The van der Waals surface area contributed by atoms with Crippen LogP contribution in [0.4, 0.5) is 0 Å². The van der Waals surface area contributed by atoms with E-state index in [1.165, 1.54) is 22.3 Å². The molecule has 0 amide bonds. The molecule has 65 heavy (non-hydrogen) atoms. The van der Waals surface area contributed by atoms with Crippen LogP contribution in [0.25, 0.3) is 61.5 Å². The lowest BCUT2D eigenvalue weighted by atomic mass is 9.68. The number of hydrogen-bond acceptors (Lipinski definition) is 5. The van der Waals surface area contributed by atoms with Crippen molar-refractivity contribution in [2.45, 2.75) is 18.3 Å². The largest absolute Gasteiger partial charge is 0.449 e. The number of nitrogens with zero attached hydrogens (tertiary/aromatic N) is 3. The molecule has 0 bridgehead atoms. The van der Waals surface area contributed by atoms with Crippen LogP contribution in [0.2, 0.25) is 0 Å². The van der Waals surface area contributed by atoms with Gasteiger partial charge in [0.2, 0.25) is 0 Å². The zero-order valence-corrected chi connectivity index (χ0v) is 35.3. The zero-order chi connectivity index (χ0) is 43.3. The molecule has 12 rings (SSSR count). The van der Waals surface area contributed by atoms with Crippen molar-refractivity contribution in [2.75, 3.05) is 0 Å². The first-order valence-electron chi connectivity index (χ1n) is 22.0. The number of rotatable bonds is 7. The zero-order valence-electron chi connectivity index (χ0n) is 35.3. The molecule has 2 aliphatic carbocycles. The smallest absolute Gasteiger partial charge is 0.178 e. The lowest BCUT2D eigenvalue weighted by molar-refractivity contribution is 0.360. The van der Waals surface area contributed by atoms with Crippen LogP contribution < -0.4 is 9.47 Å². The number of nitriles is 1. The molecular formula is C60H39N3O2. The molecule has 306 valence electrons. The highest BCUT2D eigenvalue weighted by atomic mass is 16.6. The number of hydrogen-bond donors (Lipinski definition) is 0. The Balaban J connectivity index is 0.881. The summed E-state index contributed by atoms with van der Waals surface area (Å²) >= 11 is 0. The predicted octanol–water partition coefficient (Wildman–Crippen LogP) is 15.0. The Kier molecular flexibility index (Phi) is 9.17. The predicted molar refractivity (Wildman–Crippen MR) is 259 cm³/mol. The van der Waals surface area contributed by atoms with Gasteiger partial charge in [0.15, 0.2) is 28.8 Å². The van der Waals surface area contributed by atoms with Crippen molar-refractivity contribution in [1.29, 1.82) is 5.26 Å². The molecular weight excluding hydrogens is 795 g/mol. The second kappa shape index (κ2) is 15.6. The minimum absolute atomic E-state index is 0.528. The lowest BCUT2D eigenvalue weighted by Crippen LogP contribution is -2.28. The summed E-state index contributed by atoms with van der Waals surface area (Å²) in [5, 5.41) is 9.53. The van der Waals surface area contributed by atoms with E-state index in [9.17, 15) is 5.26 Å². The second-order valence-electron chi connectivity index (χ2n) is 16.7. The van der Waals surface area contributed by atoms with Crippen LogP contribution in [0.1, 0.15) is 46.5 Å². The van der Waals surface area contributed by atoms with Crippen molar-refractivity contribution in [3.05, 3.63) is 246 Å². The molecule has 9 aromatic rings. The fourth-order valence-electron chi connectivity index (χ4n) is 9.85. The summed E-state index contributed by atoms with van der Waals surface area (Å²) in [7, 11) is 0. The van der Waals surface area contributed by atoms with Gasteiger partial charge in [0.05, 0.1) is 28.4 Å². The summed E-state index contributed by atoms with van der Waals surface area (Å²) in [6.45, 7) is 0. The van der Waals surface area contributed by atoms with Crippen LogP contribution in [0, 0.1) is 11.3 Å². The van der Waals surface area contributed by atoms with Crippen LogP contribution in [0.3, 0.4) is 0 Å². The Morgan fingerprint density at radius 3 is 1.88 bits per heavy atom. The number of fused-ring (bicyclic) bond motifs is 6. The van der Waals surface area contributed by atoms with Crippen molar-refractivity contribution in [3.63, 3.8) is 0 Å². The average molecular weight is 834 g/mol. The molecule has 0 fully saturated rings. The maximum Gasteiger partial charge on any atom is 0.178 e. The molecule has 1 aliphatic heterocycles. The molecule has 0 radical (unpaired) electrons. The Morgan fingerprint density at radius 1 is 0.477 bits per heavy atom. The molecule has 0 saturated heterocycles. The third-order valence-corrected chi connectivity index (χ3v) is 12.9. The minimum Gasteiger partial charge on any atom is -0.449 e. The van der Waals surface area contributed by atoms with Crippen LogP contribution >= 0.6 is 0 Å². The molecule has 0 spiro atoms. The first-order chi connectivity index (χ1) is 32.1. The molecule has 0 atom stereocenters. The molecule has 8 aromatic carbocycles. The Labute approximate surface area is 377 Å². The van der Waals surface area contributed by atoms with Gasteiger partial charge in [-0.05, 0) is 105 Å². The number of aromatic nitrogens is 2. The van der Waals surface area contributed by atoms with E-state index < -0.39 is 5.41 Å². The van der Waals surface area contributed by atoms with Crippen LogP contribution in [0.15, 0.2) is 212 Å². The quantitative estimate of drug-likeness (QED) is 0.160. The standard InChI is InChI=1S/C60H39N3O2/c61-38-39-14-12-17-43(34-39)44-18-13-19-46(35-44)53-37-52(62-59(63-53)42-15-4-1-5-16-42)41-28-26-40(27-29-41)45-30-32-54-56(36-45)64-55-33-31-51-57(58(55)65-54)49-24-10-11-25-50(49)60(51,47-20-6-2-7-21-47)48-22-8-3-9-23-48/h2-4,6-37H,1,5H2. The van der Waals surface area contributed by atoms with E-state index in [4.69, 9.17) is 19.4 Å². The third-order valence-electron chi connectivity index (χ3n) is 12.9. The Morgan fingerprint density at radius 2 is 1.12 bits per heavy atom. The van der Waals surface area contributed by atoms with Gasteiger partial charge in [-0.2, -0.15) is 5.26 Å². The van der Waals surface area contributed by atoms with E-state index in [0.717, 1.165) is 80.1 Å². The van der Waals surface area contributed by atoms with Crippen LogP contribution in [-0.4, -0.2) is 9.97 Å². The van der Waals surface area contributed by atoms with E-state index in [1.807, 2.05) is 36.4 Å². The van der Waals surface area contributed by atoms with Gasteiger partial charge in [-0.1, -0.05) is 170 Å². The topological polar surface area (TPSA) is 68.0 Å². The van der Waals surface area contributed by atoms with E-state index in [1.54, 1.807) is 0 Å². The van der Waals surface area contributed by atoms with Crippen molar-refractivity contribution in [2.24, 2.45) is 0 Å². The van der Waals surface area contributed by atoms with Gasteiger partial charge in [-0.15, -0.1) is 0 Å². The monoisotopic (exact) mass is 833 g/mol. The first-order valence-corrected chi connectivity index (χ1v) is 22.0. The maximum atomic E-state index is 9.53. The van der Waals surface area contributed by atoms with Gasteiger partial charge in [-0.3, -0.25) is 0 Å². The highest BCUT2D eigenvalue weighted by Crippen LogP contribution is 2.62. The molecule has 3 aliphatic rings. The van der Waals surface area contributed by atoms with Gasteiger partial charge in [0.25, 0.3) is 0 Å². The van der Waals surface area contributed by atoms with Gasteiger partial charge in [0.1, 0.15) is 0 Å². The molecule has 2 heterocycles. The maximum absolute atomic E-state index is 9.53. The first kappa shape index (κ1) is 38.1. The van der Waals surface area contributed by atoms with Crippen molar-refractivity contribution in [3.8, 4) is 85.0 Å². The van der Waals surface area contributed by atoms with Crippen molar-refractivity contribution >= 4 is 5.57 Å². The van der Waals surface area contributed by atoms with Crippen LogP contribution in [0.5, 0.6) is 23.0 Å². The average Bonchev–Trinajstić information content (AvgIpc) is 3.70. The highest BCUT2D eigenvalue weighted by Gasteiger charge is 2.48. The number of ether oxygens (including phenoxy) is 2. The van der Waals surface area contributed by atoms with Gasteiger partial charge < -0.3 is 9.47 Å². The minimum atomic E-state index is -0.528. The SMILES string of the molecule is N#Cc1cccc(-c2cccc(-c3cc(-c4ccc(-c5ccc6c(c5)Oc5ccc7c(c5O6)-c5ccccc5C7(c5ccccc5)c5ccccc5)cc4)nc(C4=CCCC=C4)n3)c2)c1. The summed E-state index contributed by atoms with van der Waals surface area (Å²) in [4.78, 5) is 10.2. The van der Waals surface area contributed by atoms with Crippen molar-refractivity contribution < 1.29 is 9.47 Å². The summed E-state index contributed by atoms with van der Waals surface area (Å²) in [5.41, 5.74) is 15.8. The van der Waals surface area contributed by atoms with E-state index in [0.29, 0.717) is 28.6 Å². The molecule has 5 heteroatoms. The van der Waals surface area contributed by atoms with Gasteiger partial charge in [-0.25, -0.2) is 9.97 Å². The third kappa shape index (κ3) is 6.46. The van der Waals surface area contributed by atoms with E-state index in [2.05, 4.69) is 182 Å². The molecule has 0 unspecified atom stereocenters. The molecule has 5 nitrogen and oxygen atoms in total. The Hall–Kier alpha value is -8.59. The lowest BCUT2D eigenvalue weighted by Gasteiger charge is -2.34. The summed E-state index contributed by atoms with van der Waals surface area (Å²) in [5.74, 6) is 3.46.